The van der Waals surface area contributed by atoms with Gasteiger partial charge in [0.25, 0.3) is 0 Å². The summed E-state index contributed by atoms with van der Waals surface area (Å²) < 4.78 is 9.83. The Balaban J connectivity index is 1.65. The fourth-order valence-corrected chi connectivity index (χ4v) is 4.48. The average molecular weight is 420 g/mol. The van der Waals surface area contributed by atoms with Gasteiger partial charge in [-0.1, -0.05) is 29.8 Å². The third-order valence-electron chi connectivity index (χ3n) is 4.93. The molecule has 3 atom stereocenters. The van der Waals surface area contributed by atoms with Crippen molar-refractivity contribution in [2.75, 3.05) is 12.3 Å². The molecule has 0 aromatic heterocycles. The van der Waals surface area contributed by atoms with Crippen molar-refractivity contribution in [3.05, 3.63) is 46.0 Å². The zero-order chi connectivity index (χ0) is 21.1. The maximum atomic E-state index is 12.6. The molecule has 1 amide bonds. The molecule has 0 bridgehead atoms. The number of thioether (sulfide) groups is 1. The molecule has 0 aliphatic carbocycles. The Hall–Kier alpha value is -2.36. The molecule has 156 valence electrons. The Kier molecular flexibility index (Phi) is 6.61. The fourth-order valence-electron chi connectivity index (χ4n) is 3.51. The van der Waals surface area contributed by atoms with Gasteiger partial charge in [-0.2, -0.15) is 0 Å². The molecule has 3 rings (SSSR count). The van der Waals surface area contributed by atoms with Crippen molar-refractivity contribution in [3.63, 3.8) is 0 Å². The number of aliphatic hydroxyl groups is 1. The molecule has 0 spiro atoms. The molecule has 1 fully saturated rings. The van der Waals surface area contributed by atoms with Crippen LogP contribution in [0.4, 0.5) is 4.79 Å². The molecule has 2 aliphatic rings. The molecule has 2 aliphatic heterocycles. The van der Waals surface area contributed by atoms with Gasteiger partial charge in [-0.3, -0.25) is 4.79 Å². The lowest BCUT2D eigenvalue weighted by Crippen LogP contribution is -2.61. The van der Waals surface area contributed by atoms with Crippen LogP contribution in [0.1, 0.15) is 24.5 Å². The highest BCUT2D eigenvalue weighted by atomic mass is 32.2. The van der Waals surface area contributed by atoms with Crippen molar-refractivity contribution in [2.45, 2.75) is 39.0 Å². The highest BCUT2D eigenvalue weighted by Gasteiger charge is 2.57. The van der Waals surface area contributed by atoms with Crippen LogP contribution in [0.5, 0.6) is 0 Å². The normalized spacial score (nSPS) is 21.5. The Labute approximate surface area is 173 Å². The van der Waals surface area contributed by atoms with Crippen molar-refractivity contribution in [2.24, 2.45) is 11.7 Å². The molecule has 29 heavy (non-hydrogen) atoms. The first-order valence-corrected chi connectivity index (χ1v) is 10.3. The van der Waals surface area contributed by atoms with Crippen molar-refractivity contribution in [1.82, 2.24) is 4.90 Å². The van der Waals surface area contributed by atoms with E-state index >= 15 is 0 Å². The monoisotopic (exact) mass is 420 g/mol. The van der Waals surface area contributed by atoms with Crippen LogP contribution in [-0.4, -0.2) is 52.5 Å². The van der Waals surface area contributed by atoms with Crippen LogP contribution >= 0.6 is 11.8 Å². The summed E-state index contributed by atoms with van der Waals surface area (Å²) in [5.41, 5.74) is 7.43. The Morgan fingerprint density at radius 3 is 2.66 bits per heavy atom. The molecule has 9 heteroatoms. The zero-order valence-corrected chi connectivity index (χ0v) is 17.1. The Morgan fingerprint density at radius 2 is 2.03 bits per heavy atom. The van der Waals surface area contributed by atoms with E-state index < -0.39 is 24.1 Å². The maximum Gasteiger partial charge on any atom is 0.516 e. The van der Waals surface area contributed by atoms with Crippen LogP contribution in [0.3, 0.4) is 0 Å². The van der Waals surface area contributed by atoms with E-state index in [1.54, 1.807) is 6.92 Å². The van der Waals surface area contributed by atoms with E-state index in [2.05, 4.69) is 0 Å². The summed E-state index contributed by atoms with van der Waals surface area (Å²) in [6.45, 7) is 3.86. The van der Waals surface area contributed by atoms with Crippen LogP contribution < -0.4 is 5.73 Å². The lowest BCUT2D eigenvalue weighted by molar-refractivity contribution is -0.161. The summed E-state index contributed by atoms with van der Waals surface area (Å²) in [6.07, 6.45) is -1.52. The lowest BCUT2D eigenvalue weighted by Gasteiger charge is -2.44. The van der Waals surface area contributed by atoms with Crippen molar-refractivity contribution in [1.29, 1.82) is 0 Å². The average Bonchev–Trinajstić information content (AvgIpc) is 2.99. The minimum atomic E-state index is -1.13. The predicted octanol–water partition coefficient (Wildman–Crippen LogP) is 1.69. The minimum Gasteiger partial charge on any atom is -0.429 e. The van der Waals surface area contributed by atoms with Crippen molar-refractivity contribution < 1.29 is 29.0 Å². The van der Waals surface area contributed by atoms with E-state index in [0.717, 1.165) is 11.1 Å². The fraction of sp³-hybridized carbons (Fsp3) is 0.450. The summed E-state index contributed by atoms with van der Waals surface area (Å²) >= 11 is 1.35. The molecule has 0 saturated carbocycles. The van der Waals surface area contributed by atoms with Crippen LogP contribution in [0, 0.1) is 12.8 Å². The second kappa shape index (κ2) is 8.98. The number of nitrogens with zero attached hydrogens (tertiary/aromatic N) is 1. The van der Waals surface area contributed by atoms with Gasteiger partial charge in [-0.15, -0.1) is 11.8 Å². The maximum absolute atomic E-state index is 12.6. The number of hydrogen-bond donors (Lipinski definition) is 2. The van der Waals surface area contributed by atoms with Crippen molar-refractivity contribution in [3.8, 4) is 0 Å². The molecule has 8 nitrogen and oxygen atoms in total. The summed E-state index contributed by atoms with van der Waals surface area (Å²) in [5.74, 6) is -1.30. The Morgan fingerprint density at radius 1 is 1.34 bits per heavy atom. The van der Waals surface area contributed by atoms with Gasteiger partial charge in [-0.05, 0) is 19.4 Å². The molecule has 1 saturated heterocycles. The highest BCUT2D eigenvalue weighted by molar-refractivity contribution is 8.03. The number of carbonyl (C=O) groups excluding carboxylic acids is 3. The zero-order valence-electron chi connectivity index (χ0n) is 16.3. The van der Waals surface area contributed by atoms with Crippen LogP contribution in [0.15, 0.2) is 34.9 Å². The second-order valence-electron chi connectivity index (χ2n) is 7.07. The van der Waals surface area contributed by atoms with Gasteiger partial charge in [0.15, 0.2) is 0 Å². The third-order valence-corrected chi connectivity index (χ3v) is 6.08. The number of fused-ring (bicyclic) bond motifs is 1. The van der Waals surface area contributed by atoms with Gasteiger partial charge in [0.2, 0.25) is 5.91 Å². The largest absolute Gasteiger partial charge is 0.516 e. The quantitative estimate of drug-likeness (QED) is 0.389. The van der Waals surface area contributed by atoms with Gasteiger partial charge in [0, 0.05) is 23.6 Å². The van der Waals surface area contributed by atoms with E-state index in [-0.39, 0.29) is 24.3 Å². The van der Waals surface area contributed by atoms with E-state index in [1.807, 2.05) is 31.2 Å². The number of β-lactam (4-membered cyclic amide) rings is 1. The van der Waals surface area contributed by atoms with Gasteiger partial charge in [0.1, 0.15) is 12.3 Å². The third kappa shape index (κ3) is 4.47. The number of esters is 1. The van der Waals surface area contributed by atoms with Gasteiger partial charge in [0.05, 0.1) is 18.1 Å². The SMILES string of the molecule is Cc1ccc(COC(=O)OC(=O)C2=C(SCCN)C[C@@H]3[C@@H]([C@@H](C)O)C(=O)N23)cc1. The molecule has 1 aromatic carbocycles. The summed E-state index contributed by atoms with van der Waals surface area (Å²) in [5, 5.41) is 9.83. The van der Waals surface area contributed by atoms with Crippen LogP contribution in [0.25, 0.3) is 0 Å². The molecule has 0 radical (unpaired) electrons. The number of hydrogen-bond acceptors (Lipinski definition) is 8. The van der Waals surface area contributed by atoms with Gasteiger partial charge < -0.3 is 25.2 Å². The van der Waals surface area contributed by atoms with Gasteiger partial charge in [-0.25, -0.2) is 9.59 Å². The number of nitrogens with two attached hydrogens (primary N) is 1. The number of aliphatic hydroxyl groups excluding tert-OH is 1. The standard InChI is InChI=1S/C20H24N2O6S/c1-11-3-5-13(6-4-11)10-27-20(26)28-19(25)17-15(29-8-7-21)9-14-16(12(2)23)18(24)22(14)17/h3-6,12,14,16,23H,7-10,21H2,1-2H3/t12-,14-,16-/m1/s1. The number of aryl methyl sites for hydroxylation is 1. The molecular formula is C20H24N2O6S. The number of amides is 1. The number of carbonyl (C=O) groups is 3. The summed E-state index contributed by atoms with van der Waals surface area (Å²) in [6, 6.07) is 7.08. The summed E-state index contributed by atoms with van der Waals surface area (Å²) in [4.78, 5) is 38.9. The van der Waals surface area contributed by atoms with E-state index in [4.69, 9.17) is 15.2 Å². The number of benzene rings is 1. The van der Waals surface area contributed by atoms with Crippen molar-refractivity contribution >= 4 is 29.8 Å². The highest BCUT2D eigenvalue weighted by Crippen LogP contribution is 2.47. The molecule has 0 unspecified atom stereocenters. The predicted molar refractivity (Wildman–Crippen MR) is 106 cm³/mol. The van der Waals surface area contributed by atoms with Crippen LogP contribution in [-0.2, 0) is 25.7 Å². The number of rotatable bonds is 7. The molecule has 3 N–H and O–H groups in total. The van der Waals surface area contributed by atoms with E-state index in [9.17, 15) is 19.5 Å². The lowest BCUT2D eigenvalue weighted by atomic mass is 9.83. The smallest absolute Gasteiger partial charge is 0.429 e. The van der Waals surface area contributed by atoms with Crippen LogP contribution in [0.2, 0.25) is 0 Å². The van der Waals surface area contributed by atoms with E-state index in [0.29, 0.717) is 23.6 Å². The number of ether oxygens (including phenoxy) is 2. The molecule has 1 aromatic rings. The topological polar surface area (TPSA) is 119 Å². The second-order valence-corrected chi connectivity index (χ2v) is 8.26. The first-order chi connectivity index (χ1) is 13.8. The first-order valence-electron chi connectivity index (χ1n) is 9.35. The molecular weight excluding hydrogens is 396 g/mol. The minimum absolute atomic E-state index is 0.0322. The first kappa shape index (κ1) is 21.4. The van der Waals surface area contributed by atoms with E-state index in [1.165, 1.54) is 16.7 Å². The summed E-state index contributed by atoms with van der Waals surface area (Å²) in [7, 11) is 0. The molecule has 2 heterocycles. The Bertz CT molecular complexity index is 836. The van der Waals surface area contributed by atoms with Gasteiger partial charge >= 0.3 is 12.1 Å².